The summed E-state index contributed by atoms with van der Waals surface area (Å²) >= 11 is 3.46. The third-order valence-corrected chi connectivity index (χ3v) is 4.49. The summed E-state index contributed by atoms with van der Waals surface area (Å²) in [5.41, 5.74) is 7.71. The number of hydrogen-bond donors (Lipinski definition) is 2. The van der Waals surface area contributed by atoms with Crippen LogP contribution >= 0.6 is 15.9 Å². The summed E-state index contributed by atoms with van der Waals surface area (Å²) < 4.78 is 6.96. The molecule has 5 heteroatoms. The molecule has 2 heterocycles. The first-order valence-corrected chi connectivity index (χ1v) is 7.66. The van der Waals surface area contributed by atoms with Crippen molar-refractivity contribution < 1.29 is 4.74 Å². The van der Waals surface area contributed by atoms with Crippen molar-refractivity contribution in [2.45, 2.75) is 25.0 Å². The molecule has 0 radical (unpaired) electrons. The van der Waals surface area contributed by atoms with E-state index in [1.807, 2.05) is 18.2 Å². The van der Waals surface area contributed by atoms with E-state index < -0.39 is 0 Å². The molecule has 0 aliphatic carbocycles. The largest absolute Gasteiger partial charge is 0.397 e. The van der Waals surface area contributed by atoms with Crippen molar-refractivity contribution in [3.8, 4) is 0 Å². The van der Waals surface area contributed by atoms with Gasteiger partial charge < -0.3 is 15.8 Å². The van der Waals surface area contributed by atoms with E-state index in [1.165, 1.54) is 19.4 Å². The second-order valence-electron chi connectivity index (χ2n) is 5.36. The number of hydrogen-bond acceptors (Lipinski definition) is 4. The van der Waals surface area contributed by atoms with Gasteiger partial charge in [-0.15, -0.1) is 0 Å². The predicted molar refractivity (Wildman–Crippen MR) is 81.4 cm³/mol. The number of morpholine rings is 1. The third kappa shape index (κ3) is 3.04. The smallest absolute Gasteiger partial charge is 0.0874 e. The summed E-state index contributed by atoms with van der Waals surface area (Å²) in [7, 11) is 0. The van der Waals surface area contributed by atoms with Gasteiger partial charge in [-0.2, -0.15) is 0 Å². The van der Waals surface area contributed by atoms with Gasteiger partial charge in [0.15, 0.2) is 0 Å². The van der Waals surface area contributed by atoms with Crippen LogP contribution in [0.2, 0.25) is 0 Å². The molecule has 0 spiro atoms. The Balaban J connectivity index is 1.56. The molecule has 2 fully saturated rings. The Morgan fingerprint density at radius 1 is 1.47 bits per heavy atom. The lowest BCUT2D eigenvalue weighted by Crippen LogP contribution is -2.48. The van der Waals surface area contributed by atoms with Gasteiger partial charge in [0.05, 0.1) is 24.1 Å². The molecule has 2 aliphatic rings. The molecule has 0 saturated carbocycles. The Bertz CT molecular complexity index is 454. The quantitative estimate of drug-likeness (QED) is 0.837. The number of halogens is 1. The molecule has 104 valence electrons. The topological polar surface area (TPSA) is 50.5 Å². The number of benzene rings is 1. The molecule has 19 heavy (non-hydrogen) atoms. The molecule has 2 saturated heterocycles. The Labute approximate surface area is 122 Å². The zero-order chi connectivity index (χ0) is 13.2. The SMILES string of the molecule is Nc1ccc(Br)cc1NCC1CN2CCCC2CO1. The number of nitrogens with one attached hydrogen (secondary N) is 1. The van der Waals surface area contributed by atoms with E-state index in [0.717, 1.165) is 35.5 Å². The Hall–Kier alpha value is -0.780. The average Bonchev–Trinajstić information content (AvgIpc) is 2.87. The fourth-order valence-electron chi connectivity index (χ4n) is 2.91. The van der Waals surface area contributed by atoms with Crippen molar-refractivity contribution in [3.05, 3.63) is 22.7 Å². The molecule has 2 aliphatic heterocycles. The highest BCUT2D eigenvalue weighted by Crippen LogP contribution is 2.25. The van der Waals surface area contributed by atoms with E-state index in [-0.39, 0.29) is 6.10 Å². The van der Waals surface area contributed by atoms with Crippen molar-refractivity contribution in [1.29, 1.82) is 0 Å². The summed E-state index contributed by atoms with van der Waals surface area (Å²) in [6, 6.07) is 6.53. The van der Waals surface area contributed by atoms with E-state index in [1.54, 1.807) is 0 Å². The Morgan fingerprint density at radius 2 is 2.37 bits per heavy atom. The van der Waals surface area contributed by atoms with Crippen LogP contribution in [0, 0.1) is 0 Å². The van der Waals surface area contributed by atoms with E-state index in [4.69, 9.17) is 10.5 Å². The van der Waals surface area contributed by atoms with Crippen LogP contribution in [0.4, 0.5) is 11.4 Å². The highest BCUT2D eigenvalue weighted by atomic mass is 79.9. The molecule has 3 rings (SSSR count). The zero-order valence-electron chi connectivity index (χ0n) is 10.9. The van der Waals surface area contributed by atoms with Crippen LogP contribution in [0.5, 0.6) is 0 Å². The summed E-state index contributed by atoms with van der Waals surface area (Å²) in [5, 5.41) is 3.40. The molecule has 3 N–H and O–H groups in total. The minimum absolute atomic E-state index is 0.257. The normalized spacial score (nSPS) is 27.2. The Kier molecular flexibility index (Phi) is 3.96. The Morgan fingerprint density at radius 3 is 3.26 bits per heavy atom. The lowest BCUT2D eigenvalue weighted by molar-refractivity contribution is -0.0415. The maximum absolute atomic E-state index is 5.96. The van der Waals surface area contributed by atoms with Crippen molar-refractivity contribution in [2.75, 3.05) is 37.3 Å². The maximum Gasteiger partial charge on any atom is 0.0874 e. The highest BCUT2D eigenvalue weighted by molar-refractivity contribution is 9.10. The lowest BCUT2D eigenvalue weighted by Gasteiger charge is -2.35. The number of rotatable bonds is 3. The van der Waals surface area contributed by atoms with Gasteiger partial charge in [0.25, 0.3) is 0 Å². The second kappa shape index (κ2) is 5.69. The number of nitrogens with two attached hydrogens (primary N) is 1. The molecule has 0 bridgehead atoms. The predicted octanol–water partition coefficient (Wildman–Crippen LogP) is 2.31. The average molecular weight is 326 g/mol. The van der Waals surface area contributed by atoms with E-state index in [9.17, 15) is 0 Å². The number of anilines is 2. The summed E-state index contributed by atoms with van der Waals surface area (Å²) in [6.07, 6.45) is 2.86. The molecule has 2 unspecified atom stereocenters. The molecule has 1 aromatic rings. The molecule has 0 aromatic heterocycles. The van der Waals surface area contributed by atoms with Gasteiger partial charge in [-0.25, -0.2) is 0 Å². The van der Waals surface area contributed by atoms with E-state index in [0.29, 0.717) is 6.04 Å². The first-order chi connectivity index (χ1) is 9.22. The van der Waals surface area contributed by atoms with Gasteiger partial charge in [-0.05, 0) is 37.6 Å². The van der Waals surface area contributed by atoms with Gasteiger partial charge in [0.1, 0.15) is 0 Å². The van der Waals surface area contributed by atoms with Crippen LogP contribution in [0.3, 0.4) is 0 Å². The van der Waals surface area contributed by atoms with Crippen LogP contribution in [0.25, 0.3) is 0 Å². The second-order valence-corrected chi connectivity index (χ2v) is 6.27. The fourth-order valence-corrected chi connectivity index (χ4v) is 3.28. The highest BCUT2D eigenvalue weighted by Gasteiger charge is 2.31. The zero-order valence-corrected chi connectivity index (χ0v) is 12.5. The summed E-state index contributed by atoms with van der Waals surface area (Å²) in [6.45, 7) is 3.94. The maximum atomic E-state index is 5.96. The van der Waals surface area contributed by atoms with E-state index >= 15 is 0 Å². The van der Waals surface area contributed by atoms with Crippen LogP contribution in [0.15, 0.2) is 22.7 Å². The van der Waals surface area contributed by atoms with Crippen molar-refractivity contribution in [2.24, 2.45) is 0 Å². The molecular weight excluding hydrogens is 306 g/mol. The van der Waals surface area contributed by atoms with Crippen LogP contribution in [-0.2, 0) is 4.74 Å². The van der Waals surface area contributed by atoms with Crippen LogP contribution < -0.4 is 11.1 Å². The number of ether oxygens (including phenoxy) is 1. The van der Waals surface area contributed by atoms with Crippen LogP contribution in [0.1, 0.15) is 12.8 Å². The molecule has 0 amide bonds. The van der Waals surface area contributed by atoms with Gasteiger partial charge in [0, 0.05) is 23.6 Å². The lowest BCUT2D eigenvalue weighted by atomic mass is 10.2. The fraction of sp³-hybridized carbons (Fsp3) is 0.571. The molecular formula is C14H20BrN3O. The third-order valence-electron chi connectivity index (χ3n) is 4.00. The molecule has 4 nitrogen and oxygen atoms in total. The standard InChI is InChI=1S/C14H20BrN3O/c15-10-3-4-13(16)14(6-10)17-7-12-8-18-5-1-2-11(18)9-19-12/h3-4,6,11-12,17H,1-2,5,7-9,16H2. The summed E-state index contributed by atoms with van der Waals surface area (Å²) in [5.74, 6) is 0. The first-order valence-electron chi connectivity index (χ1n) is 6.87. The van der Waals surface area contributed by atoms with Crippen molar-refractivity contribution >= 4 is 27.3 Å². The van der Waals surface area contributed by atoms with Gasteiger partial charge in [-0.1, -0.05) is 15.9 Å². The minimum Gasteiger partial charge on any atom is -0.397 e. The van der Waals surface area contributed by atoms with E-state index in [2.05, 4.69) is 26.1 Å². The molecule has 2 atom stereocenters. The monoisotopic (exact) mass is 325 g/mol. The number of nitrogens with zero attached hydrogens (tertiary/aromatic N) is 1. The van der Waals surface area contributed by atoms with Gasteiger partial charge in [-0.3, -0.25) is 4.90 Å². The van der Waals surface area contributed by atoms with Crippen LogP contribution in [-0.4, -0.2) is 43.3 Å². The summed E-state index contributed by atoms with van der Waals surface area (Å²) in [4.78, 5) is 2.56. The van der Waals surface area contributed by atoms with Gasteiger partial charge in [0.2, 0.25) is 0 Å². The van der Waals surface area contributed by atoms with Gasteiger partial charge >= 0.3 is 0 Å². The first kappa shape index (κ1) is 13.2. The van der Waals surface area contributed by atoms with Crippen molar-refractivity contribution in [1.82, 2.24) is 4.90 Å². The van der Waals surface area contributed by atoms with Crippen molar-refractivity contribution in [3.63, 3.8) is 0 Å². The molecule has 1 aromatic carbocycles. The minimum atomic E-state index is 0.257. The number of nitrogen functional groups attached to an aromatic ring is 1. The number of fused-ring (bicyclic) bond motifs is 1.